The van der Waals surface area contributed by atoms with Gasteiger partial charge in [-0.2, -0.15) is 18.4 Å². The largest absolute Gasteiger partial charge is 0.440 e. The molecule has 7 nitrogen and oxygen atoms in total. The van der Waals surface area contributed by atoms with Gasteiger partial charge in [0.05, 0.1) is 6.54 Å². The second kappa shape index (κ2) is 4.57. The van der Waals surface area contributed by atoms with Crippen molar-refractivity contribution in [1.82, 2.24) is 25.9 Å². The lowest BCUT2D eigenvalue weighted by Gasteiger charge is -2.07. The van der Waals surface area contributed by atoms with Crippen molar-refractivity contribution >= 4 is 6.09 Å². The number of tetrazole rings is 1. The molecule has 0 spiro atoms. The van der Waals surface area contributed by atoms with E-state index < -0.39 is 18.9 Å². The molecule has 0 fully saturated rings. The van der Waals surface area contributed by atoms with Crippen LogP contribution in [0.25, 0.3) is 0 Å². The first-order valence-electron chi connectivity index (χ1n) is 3.67. The van der Waals surface area contributed by atoms with Crippen LogP contribution in [0.2, 0.25) is 0 Å². The number of carbonyl (C=O) groups excluding carboxylic acids is 1. The standard InChI is InChI=1S/C5H6F3N5O2/c6-5(7,8)2-15-4(14)9-1-3-10-12-13-11-3/h1-2H2,(H,9,14)(H,10,11,12,13). The van der Waals surface area contributed by atoms with E-state index in [2.05, 4.69) is 25.4 Å². The van der Waals surface area contributed by atoms with Crippen LogP contribution < -0.4 is 5.32 Å². The molecule has 0 aromatic carbocycles. The Morgan fingerprint density at radius 3 is 2.80 bits per heavy atom. The van der Waals surface area contributed by atoms with Crippen LogP contribution in [-0.4, -0.2) is 39.5 Å². The van der Waals surface area contributed by atoms with E-state index in [1.54, 1.807) is 0 Å². The van der Waals surface area contributed by atoms with Gasteiger partial charge in [-0.25, -0.2) is 4.79 Å². The van der Waals surface area contributed by atoms with E-state index in [0.717, 1.165) is 0 Å². The van der Waals surface area contributed by atoms with Gasteiger partial charge in [0.25, 0.3) is 0 Å². The fourth-order valence-electron chi connectivity index (χ4n) is 0.607. The fraction of sp³-hybridized carbons (Fsp3) is 0.600. The van der Waals surface area contributed by atoms with Gasteiger partial charge < -0.3 is 10.1 Å². The van der Waals surface area contributed by atoms with Crippen LogP contribution in [0.4, 0.5) is 18.0 Å². The zero-order valence-electron chi connectivity index (χ0n) is 7.21. The first-order valence-corrected chi connectivity index (χ1v) is 3.67. The molecule has 0 aliphatic heterocycles. The molecule has 0 saturated heterocycles. The Morgan fingerprint density at radius 1 is 1.53 bits per heavy atom. The zero-order valence-corrected chi connectivity index (χ0v) is 7.21. The smallest absolute Gasteiger partial charge is 0.422 e. The van der Waals surface area contributed by atoms with E-state index in [0.29, 0.717) is 0 Å². The number of aromatic nitrogens is 4. The minimum atomic E-state index is -4.54. The van der Waals surface area contributed by atoms with Gasteiger partial charge in [-0.15, -0.1) is 10.2 Å². The molecule has 0 aliphatic carbocycles. The van der Waals surface area contributed by atoms with Crippen molar-refractivity contribution in [2.45, 2.75) is 12.7 Å². The molecule has 1 aromatic heterocycles. The Labute approximate surface area is 81.0 Å². The number of carbonyl (C=O) groups is 1. The van der Waals surface area contributed by atoms with Gasteiger partial charge in [0.15, 0.2) is 12.4 Å². The van der Waals surface area contributed by atoms with Crippen LogP contribution in [0.1, 0.15) is 5.82 Å². The molecule has 0 saturated carbocycles. The number of rotatable bonds is 3. The number of alkyl carbamates (subject to hydrolysis) is 1. The third-order valence-corrected chi connectivity index (χ3v) is 1.15. The minimum absolute atomic E-state index is 0.138. The molecule has 0 bridgehead atoms. The van der Waals surface area contributed by atoms with Crippen LogP contribution in [0.15, 0.2) is 0 Å². The van der Waals surface area contributed by atoms with Gasteiger partial charge in [0.1, 0.15) is 0 Å². The van der Waals surface area contributed by atoms with Gasteiger partial charge >= 0.3 is 12.3 Å². The van der Waals surface area contributed by atoms with Gasteiger partial charge in [0, 0.05) is 0 Å². The molecule has 10 heteroatoms. The number of amides is 1. The number of hydrogen-bond donors (Lipinski definition) is 2. The Bertz CT molecular complexity index is 311. The van der Waals surface area contributed by atoms with Crippen LogP contribution in [0.5, 0.6) is 0 Å². The van der Waals surface area contributed by atoms with Gasteiger partial charge in [0.2, 0.25) is 0 Å². The lowest BCUT2D eigenvalue weighted by molar-refractivity contribution is -0.160. The number of halogens is 3. The van der Waals surface area contributed by atoms with Crippen molar-refractivity contribution in [3.8, 4) is 0 Å². The highest BCUT2D eigenvalue weighted by Crippen LogP contribution is 2.14. The van der Waals surface area contributed by atoms with Crippen molar-refractivity contribution in [3.05, 3.63) is 5.82 Å². The highest BCUT2D eigenvalue weighted by atomic mass is 19.4. The Kier molecular flexibility index (Phi) is 3.42. The van der Waals surface area contributed by atoms with Crippen LogP contribution in [-0.2, 0) is 11.3 Å². The monoisotopic (exact) mass is 225 g/mol. The summed E-state index contributed by atoms with van der Waals surface area (Å²) in [6.07, 6.45) is -5.74. The van der Waals surface area contributed by atoms with E-state index in [-0.39, 0.29) is 12.4 Å². The summed E-state index contributed by atoms with van der Waals surface area (Å²) in [5, 5.41) is 14.2. The Balaban J connectivity index is 2.20. The van der Waals surface area contributed by atoms with Crippen LogP contribution >= 0.6 is 0 Å². The highest BCUT2D eigenvalue weighted by Gasteiger charge is 2.29. The van der Waals surface area contributed by atoms with Crippen LogP contribution in [0, 0.1) is 0 Å². The van der Waals surface area contributed by atoms with E-state index in [9.17, 15) is 18.0 Å². The highest BCUT2D eigenvalue weighted by molar-refractivity contribution is 5.66. The number of ether oxygens (including phenoxy) is 1. The van der Waals surface area contributed by atoms with Crippen molar-refractivity contribution in [2.75, 3.05) is 6.61 Å². The number of nitrogens with zero attached hydrogens (tertiary/aromatic N) is 3. The fourth-order valence-corrected chi connectivity index (χ4v) is 0.607. The molecule has 84 valence electrons. The second-order valence-electron chi connectivity index (χ2n) is 2.37. The SMILES string of the molecule is O=C(NCc1nn[nH]n1)OCC(F)(F)F. The van der Waals surface area contributed by atoms with E-state index in [4.69, 9.17) is 0 Å². The second-order valence-corrected chi connectivity index (χ2v) is 2.37. The lowest BCUT2D eigenvalue weighted by atomic mass is 10.6. The molecule has 1 amide bonds. The predicted molar refractivity (Wildman–Crippen MR) is 38.4 cm³/mol. The third-order valence-electron chi connectivity index (χ3n) is 1.15. The molecular weight excluding hydrogens is 219 g/mol. The number of hydrogen-bond acceptors (Lipinski definition) is 5. The first-order chi connectivity index (χ1) is 6.97. The van der Waals surface area contributed by atoms with Crippen molar-refractivity contribution < 1.29 is 22.7 Å². The molecule has 15 heavy (non-hydrogen) atoms. The Morgan fingerprint density at radius 2 is 2.27 bits per heavy atom. The van der Waals surface area contributed by atoms with Gasteiger partial charge in [-0.3, -0.25) is 0 Å². The molecule has 1 rings (SSSR count). The summed E-state index contributed by atoms with van der Waals surface area (Å²) in [5.74, 6) is 0.138. The van der Waals surface area contributed by atoms with E-state index in [1.165, 1.54) is 0 Å². The van der Waals surface area contributed by atoms with E-state index >= 15 is 0 Å². The number of nitrogens with one attached hydrogen (secondary N) is 2. The summed E-state index contributed by atoms with van der Waals surface area (Å²) in [6, 6.07) is 0. The summed E-state index contributed by atoms with van der Waals surface area (Å²) in [4.78, 5) is 10.7. The maximum absolute atomic E-state index is 11.6. The summed E-state index contributed by atoms with van der Waals surface area (Å²) < 4.78 is 38.6. The molecule has 0 unspecified atom stereocenters. The van der Waals surface area contributed by atoms with Gasteiger partial charge in [-0.1, -0.05) is 5.21 Å². The molecule has 0 radical (unpaired) electrons. The van der Waals surface area contributed by atoms with Crippen molar-refractivity contribution in [2.24, 2.45) is 0 Å². The molecule has 1 aromatic rings. The van der Waals surface area contributed by atoms with Crippen LogP contribution in [0.3, 0.4) is 0 Å². The average Bonchev–Trinajstić information content (AvgIpc) is 2.62. The maximum atomic E-state index is 11.6. The van der Waals surface area contributed by atoms with Crippen molar-refractivity contribution in [1.29, 1.82) is 0 Å². The molecule has 0 atom stereocenters. The third kappa shape index (κ3) is 4.78. The minimum Gasteiger partial charge on any atom is -0.440 e. The topological polar surface area (TPSA) is 92.8 Å². The normalized spacial score (nSPS) is 11.1. The quantitative estimate of drug-likeness (QED) is 0.754. The molecule has 0 aliphatic rings. The number of alkyl halides is 3. The van der Waals surface area contributed by atoms with E-state index in [1.807, 2.05) is 5.32 Å². The summed E-state index contributed by atoms with van der Waals surface area (Å²) in [7, 11) is 0. The lowest BCUT2D eigenvalue weighted by Crippen LogP contribution is -2.29. The summed E-state index contributed by atoms with van der Waals surface area (Å²) in [5.41, 5.74) is 0. The maximum Gasteiger partial charge on any atom is 0.422 e. The zero-order chi connectivity index (χ0) is 11.3. The summed E-state index contributed by atoms with van der Waals surface area (Å²) in [6.45, 7) is -1.79. The predicted octanol–water partition coefficient (Wildman–Crippen LogP) is -0.0118. The summed E-state index contributed by atoms with van der Waals surface area (Å²) >= 11 is 0. The van der Waals surface area contributed by atoms with Gasteiger partial charge in [-0.05, 0) is 0 Å². The van der Waals surface area contributed by atoms with Crippen molar-refractivity contribution in [3.63, 3.8) is 0 Å². The number of aromatic amines is 1. The molecule has 1 heterocycles. The first kappa shape index (κ1) is 11.2. The Hall–Kier alpha value is -1.87. The molecular formula is C5H6F3N5O2. The molecule has 2 N–H and O–H groups in total. The average molecular weight is 225 g/mol. The number of H-pyrrole nitrogens is 1.